The molecule has 1 aromatic heterocycles. The first-order valence-electron chi connectivity index (χ1n) is 8.76. The largest absolute Gasteiger partial charge is 0.478 e. The maximum Gasteiger partial charge on any atom is 0.335 e. The third kappa shape index (κ3) is 3.63. The maximum atomic E-state index is 13.1. The van der Waals surface area contributed by atoms with Crippen molar-refractivity contribution in [3.05, 3.63) is 60.3 Å². The van der Waals surface area contributed by atoms with E-state index in [1.165, 1.54) is 22.5 Å². The first kappa shape index (κ1) is 18.9. The summed E-state index contributed by atoms with van der Waals surface area (Å²) in [4.78, 5) is 16.0. The number of benzene rings is 2. The van der Waals surface area contributed by atoms with Crippen LogP contribution >= 0.6 is 11.8 Å². The number of rotatable bonds is 4. The fourth-order valence-electron chi connectivity index (χ4n) is 3.20. The summed E-state index contributed by atoms with van der Waals surface area (Å²) >= 11 is 1.71. The molecule has 2 heterocycles. The second kappa shape index (κ2) is 7.54. The van der Waals surface area contributed by atoms with Crippen LogP contribution in [0, 0.1) is 0 Å². The SMILES string of the molecule is O=C(O)c1cc(-c2cnc3ccccc3c2)cc(S(=O)(=O)N2CCSCC2)c1. The van der Waals surface area contributed by atoms with E-state index in [1.54, 1.807) is 18.0 Å². The molecule has 2 aromatic carbocycles. The Morgan fingerprint density at radius 1 is 1.04 bits per heavy atom. The van der Waals surface area contributed by atoms with E-state index < -0.39 is 16.0 Å². The Morgan fingerprint density at radius 3 is 2.54 bits per heavy atom. The molecule has 1 aliphatic heterocycles. The van der Waals surface area contributed by atoms with E-state index >= 15 is 0 Å². The number of carboxylic acids is 1. The molecule has 3 aromatic rings. The maximum absolute atomic E-state index is 13.1. The molecule has 1 fully saturated rings. The summed E-state index contributed by atoms with van der Waals surface area (Å²) < 4.78 is 27.6. The zero-order valence-corrected chi connectivity index (χ0v) is 16.5. The molecule has 6 nitrogen and oxygen atoms in total. The average Bonchev–Trinajstić information content (AvgIpc) is 2.73. The Labute approximate surface area is 167 Å². The first-order chi connectivity index (χ1) is 13.4. The number of fused-ring (bicyclic) bond motifs is 1. The van der Waals surface area contributed by atoms with Gasteiger partial charge in [-0.3, -0.25) is 4.98 Å². The number of carboxylic acid groups (broad SMARTS) is 1. The molecule has 8 heteroatoms. The van der Waals surface area contributed by atoms with Gasteiger partial charge in [0, 0.05) is 41.7 Å². The van der Waals surface area contributed by atoms with Gasteiger partial charge in [0.25, 0.3) is 0 Å². The third-order valence-electron chi connectivity index (χ3n) is 4.69. The number of para-hydroxylation sites is 1. The number of nitrogens with zero attached hydrogens (tertiary/aromatic N) is 2. The summed E-state index contributed by atoms with van der Waals surface area (Å²) in [7, 11) is -3.75. The Balaban J connectivity index is 1.84. The second-order valence-corrected chi connectivity index (χ2v) is 9.65. The van der Waals surface area contributed by atoms with Crippen molar-refractivity contribution < 1.29 is 18.3 Å². The molecular formula is C20H18N2O4S2. The van der Waals surface area contributed by atoms with Crippen molar-refractivity contribution in [2.45, 2.75) is 4.90 Å². The summed E-state index contributed by atoms with van der Waals surface area (Å²) in [5.41, 5.74) is 1.95. The fraction of sp³-hybridized carbons (Fsp3) is 0.200. The van der Waals surface area contributed by atoms with Crippen LogP contribution in [0.4, 0.5) is 0 Å². The molecule has 0 saturated carbocycles. The molecule has 0 atom stereocenters. The number of thioether (sulfide) groups is 1. The highest BCUT2D eigenvalue weighted by Crippen LogP contribution is 2.29. The van der Waals surface area contributed by atoms with Gasteiger partial charge in [0.1, 0.15) is 0 Å². The van der Waals surface area contributed by atoms with Gasteiger partial charge < -0.3 is 5.11 Å². The van der Waals surface area contributed by atoms with Gasteiger partial charge >= 0.3 is 5.97 Å². The molecular weight excluding hydrogens is 396 g/mol. The molecule has 4 rings (SSSR count). The molecule has 0 amide bonds. The van der Waals surface area contributed by atoms with Crippen molar-refractivity contribution in [2.75, 3.05) is 24.6 Å². The van der Waals surface area contributed by atoms with Crippen molar-refractivity contribution in [1.29, 1.82) is 0 Å². The minimum Gasteiger partial charge on any atom is -0.478 e. The van der Waals surface area contributed by atoms with Gasteiger partial charge in [-0.15, -0.1) is 0 Å². The molecule has 1 saturated heterocycles. The smallest absolute Gasteiger partial charge is 0.335 e. The van der Waals surface area contributed by atoms with Gasteiger partial charge in [-0.25, -0.2) is 13.2 Å². The van der Waals surface area contributed by atoms with E-state index in [-0.39, 0.29) is 10.5 Å². The number of aromatic nitrogens is 1. The van der Waals surface area contributed by atoms with Gasteiger partial charge in [-0.2, -0.15) is 16.1 Å². The Bertz CT molecular complexity index is 1160. The molecule has 0 radical (unpaired) electrons. The topological polar surface area (TPSA) is 87.6 Å². The standard InChI is InChI=1S/C20H18N2O4S2/c23-20(24)16-10-15(17-9-14-3-1-2-4-19(14)21-13-17)11-18(12-16)28(25,26)22-5-7-27-8-6-22/h1-4,9-13H,5-8H2,(H,23,24). The fourth-order valence-corrected chi connectivity index (χ4v) is 5.85. The highest BCUT2D eigenvalue weighted by atomic mass is 32.2. The van der Waals surface area contributed by atoms with E-state index in [1.807, 2.05) is 30.3 Å². The van der Waals surface area contributed by atoms with Crippen molar-refractivity contribution in [2.24, 2.45) is 0 Å². The van der Waals surface area contributed by atoms with Crippen LogP contribution in [-0.4, -0.2) is 53.4 Å². The lowest BCUT2D eigenvalue weighted by Crippen LogP contribution is -2.37. The van der Waals surface area contributed by atoms with Crippen LogP contribution in [0.5, 0.6) is 0 Å². The summed E-state index contributed by atoms with van der Waals surface area (Å²) in [6.45, 7) is 0.855. The molecule has 0 spiro atoms. The summed E-state index contributed by atoms with van der Waals surface area (Å²) in [6.07, 6.45) is 1.64. The Kier molecular flexibility index (Phi) is 5.09. The van der Waals surface area contributed by atoms with E-state index in [4.69, 9.17) is 0 Å². The predicted molar refractivity (Wildman–Crippen MR) is 110 cm³/mol. The number of hydrogen-bond donors (Lipinski definition) is 1. The van der Waals surface area contributed by atoms with Gasteiger partial charge in [0.05, 0.1) is 16.0 Å². The van der Waals surface area contributed by atoms with Crippen LogP contribution < -0.4 is 0 Å². The normalized spacial score (nSPS) is 15.6. The number of sulfonamides is 1. The monoisotopic (exact) mass is 414 g/mol. The van der Waals surface area contributed by atoms with Crippen LogP contribution in [0.25, 0.3) is 22.0 Å². The van der Waals surface area contributed by atoms with Crippen LogP contribution in [-0.2, 0) is 10.0 Å². The molecule has 0 bridgehead atoms. The summed E-state index contributed by atoms with van der Waals surface area (Å²) in [5, 5.41) is 10.4. The van der Waals surface area contributed by atoms with Crippen molar-refractivity contribution in [3.8, 4) is 11.1 Å². The quantitative estimate of drug-likeness (QED) is 0.705. The lowest BCUT2D eigenvalue weighted by Gasteiger charge is -2.26. The predicted octanol–water partition coefficient (Wildman–Crippen LogP) is 3.34. The van der Waals surface area contributed by atoms with Gasteiger partial charge in [-0.05, 0) is 35.9 Å². The summed E-state index contributed by atoms with van der Waals surface area (Å²) in [5.74, 6) is 0.305. The number of pyridine rings is 1. The minimum atomic E-state index is -3.75. The van der Waals surface area contributed by atoms with Crippen LogP contribution in [0.15, 0.2) is 59.6 Å². The number of carbonyl (C=O) groups is 1. The van der Waals surface area contributed by atoms with Crippen molar-refractivity contribution in [1.82, 2.24) is 9.29 Å². The second-order valence-electron chi connectivity index (χ2n) is 6.48. The van der Waals surface area contributed by atoms with Crippen LogP contribution in [0.2, 0.25) is 0 Å². The summed E-state index contributed by atoms with van der Waals surface area (Å²) in [6, 6.07) is 13.7. The zero-order chi connectivity index (χ0) is 19.7. The molecule has 0 aliphatic carbocycles. The van der Waals surface area contributed by atoms with Gasteiger partial charge in [-0.1, -0.05) is 18.2 Å². The number of hydrogen-bond acceptors (Lipinski definition) is 5. The highest BCUT2D eigenvalue weighted by molar-refractivity contribution is 7.99. The minimum absolute atomic E-state index is 0.00228. The van der Waals surface area contributed by atoms with E-state index in [0.29, 0.717) is 24.2 Å². The first-order valence-corrected chi connectivity index (χ1v) is 11.4. The molecule has 1 N–H and O–H groups in total. The lowest BCUT2D eigenvalue weighted by atomic mass is 10.0. The third-order valence-corrected chi connectivity index (χ3v) is 7.50. The van der Waals surface area contributed by atoms with Crippen LogP contribution in [0.1, 0.15) is 10.4 Å². The molecule has 28 heavy (non-hydrogen) atoms. The van der Waals surface area contributed by atoms with Crippen molar-refractivity contribution >= 4 is 38.7 Å². The molecule has 1 aliphatic rings. The van der Waals surface area contributed by atoms with Crippen molar-refractivity contribution in [3.63, 3.8) is 0 Å². The Morgan fingerprint density at radius 2 is 1.79 bits per heavy atom. The molecule has 0 unspecified atom stereocenters. The highest BCUT2D eigenvalue weighted by Gasteiger charge is 2.27. The van der Waals surface area contributed by atoms with E-state index in [9.17, 15) is 18.3 Å². The van der Waals surface area contributed by atoms with Crippen LogP contribution in [0.3, 0.4) is 0 Å². The molecule has 144 valence electrons. The lowest BCUT2D eigenvalue weighted by molar-refractivity contribution is 0.0696. The number of aromatic carboxylic acids is 1. The average molecular weight is 415 g/mol. The zero-order valence-electron chi connectivity index (χ0n) is 14.9. The van der Waals surface area contributed by atoms with Gasteiger partial charge in [0.15, 0.2) is 0 Å². The van der Waals surface area contributed by atoms with E-state index in [2.05, 4.69) is 4.98 Å². The Hall–Kier alpha value is -2.42. The van der Waals surface area contributed by atoms with Gasteiger partial charge in [0.2, 0.25) is 10.0 Å². The van der Waals surface area contributed by atoms with E-state index in [0.717, 1.165) is 22.4 Å².